The van der Waals surface area contributed by atoms with E-state index in [9.17, 15) is 14.7 Å². The summed E-state index contributed by atoms with van der Waals surface area (Å²) in [6.45, 7) is 1.91. The van der Waals surface area contributed by atoms with Crippen LogP contribution in [0.25, 0.3) is 0 Å². The summed E-state index contributed by atoms with van der Waals surface area (Å²) >= 11 is 0. The van der Waals surface area contributed by atoms with Crippen LogP contribution >= 0.6 is 0 Å². The minimum atomic E-state index is -0.971. The smallest absolute Gasteiger partial charge is 0.315 e. The second-order valence-corrected chi connectivity index (χ2v) is 4.65. The third-order valence-electron chi connectivity index (χ3n) is 3.47. The summed E-state index contributed by atoms with van der Waals surface area (Å²) in [5.41, 5.74) is 0.603. The topological polar surface area (TPSA) is 67.3 Å². The molecule has 17 heavy (non-hydrogen) atoms. The molecule has 1 saturated carbocycles. The molecule has 1 aromatic rings. The summed E-state index contributed by atoms with van der Waals surface area (Å²) < 4.78 is 0. The van der Waals surface area contributed by atoms with Gasteiger partial charge < -0.3 is 5.11 Å². The van der Waals surface area contributed by atoms with Gasteiger partial charge in [-0.1, -0.05) is 6.07 Å². The zero-order chi connectivity index (χ0) is 12.5. The lowest BCUT2D eigenvalue weighted by Gasteiger charge is -2.31. The molecule has 0 aromatic carbocycles. The van der Waals surface area contributed by atoms with E-state index in [1.54, 1.807) is 12.3 Å². The minimum Gasteiger partial charge on any atom is -0.481 e. The Morgan fingerprint density at radius 3 is 2.47 bits per heavy atom. The summed E-state index contributed by atoms with van der Waals surface area (Å²) in [5, 5.41) is 9.45. The third kappa shape index (κ3) is 2.07. The van der Waals surface area contributed by atoms with E-state index in [-0.39, 0.29) is 5.78 Å². The van der Waals surface area contributed by atoms with Crippen LogP contribution < -0.4 is 0 Å². The second-order valence-electron chi connectivity index (χ2n) is 4.65. The predicted octanol–water partition coefficient (Wildman–Crippen LogP) is 1.86. The van der Waals surface area contributed by atoms with Crippen molar-refractivity contribution in [2.45, 2.75) is 38.0 Å². The monoisotopic (exact) mass is 233 g/mol. The average molecular weight is 233 g/mol. The van der Waals surface area contributed by atoms with E-state index < -0.39 is 11.4 Å². The van der Waals surface area contributed by atoms with E-state index in [1.807, 2.05) is 13.0 Å². The number of carbonyl (C=O) groups is 2. The number of pyridine rings is 1. The number of aryl methyl sites for hydroxylation is 1. The Balaban J connectivity index is 2.38. The molecule has 90 valence electrons. The number of hydrogen-bond acceptors (Lipinski definition) is 3. The first-order valence-corrected chi connectivity index (χ1v) is 5.73. The maximum Gasteiger partial charge on any atom is 0.315 e. The molecule has 0 aliphatic heterocycles. The summed E-state index contributed by atoms with van der Waals surface area (Å²) in [4.78, 5) is 27.0. The average Bonchev–Trinajstić information content (AvgIpc) is 2.31. The quantitative estimate of drug-likeness (QED) is 0.846. The Morgan fingerprint density at radius 1 is 1.35 bits per heavy atom. The first kappa shape index (κ1) is 11.8. The second kappa shape index (κ2) is 4.28. The van der Waals surface area contributed by atoms with Gasteiger partial charge in [0.15, 0.2) is 0 Å². The van der Waals surface area contributed by atoms with E-state index in [0.717, 1.165) is 5.56 Å². The summed E-state index contributed by atoms with van der Waals surface area (Å²) in [7, 11) is 0. The van der Waals surface area contributed by atoms with Crippen molar-refractivity contribution in [3.05, 3.63) is 29.6 Å². The van der Waals surface area contributed by atoms with Gasteiger partial charge in [0, 0.05) is 19.0 Å². The zero-order valence-corrected chi connectivity index (χ0v) is 9.77. The number of carbonyl (C=O) groups excluding carboxylic acids is 1. The van der Waals surface area contributed by atoms with Crippen LogP contribution in [0.15, 0.2) is 18.3 Å². The van der Waals surface area contributed by atoms with Crippen molar-refractivity contribution in [1.82, 2.24) is 4.98 Å². The van der Waals surface area contributed by atoms with Crippen LogP contribution in [0, 0.1) is 6.92 Å². The molecule has 0 atom stereocenters. The van der Waals surface area contributed by atoms with E-state index >= 15 is 0 Å². The van der Waals surface area contributed by atoms with Crippen LogP contribution in [0.4, 0.5) is 0 Å². The number of carboxylic acid groups (broad SMARTS) is 1. The molecule has 0 unspecified atom stereocenters. The van der Waals surface area contributed by atoms with Crippen LogP contribution in [-0.2, 0) is 15.0 Å². The normalized spacial score (nSPS) is 19.0. The highest BCUT2D eigenvalue weighted by atomic mass is 16.4. The lowest BCUT2D eigenvalue weighted by atomic mass is 9.71. The largest absolute Gasteiger partial charge is 0.481 e. The Labute approximate surface area is 99.7 Å². The molecule has 4 nitrogen and oxygen atoms in total. The van der Waals surface area contributed by atoms with Gasteiger partial charge in [0.25, 0.3) is 0 Å². The fourth-order valence-corrected chi connectivity index (χ4v) is 2.29. The highest BCUT2D eigenvalue weighted by molar-refractivity contribution is 5.87. The van der Waals surface area contributed by atoms with Gasteiger partial charge in [0.1, 0.15) is 11.2 Å². The Morgan fingerprint density at radius 2 is 2.00 bits per heavy atom. The Kier molecular flexibility index (Phi) is 2.96. The van der Waals surface area contributed by atoms with Crippen LogP contribution in [0.5, 0.6) is 0 Å². The highest BCUT2D eigenvalue weighted by Crippen LogP contribution is 2.37. The molecule has 1 fully saturated rings. The van der Waals surface area contributed by atoms with Gasteiger partial charge in [-0.15, -0.1) is 0 Å². The third-order valence-corrected chi connectivity index (χ3v) is 3.47. The number of carboxylic acids is 1. The molecule has 4 heteroatoms. The fourth-order valence-electron chi connectivity index (χ4n) is 2.29. The van der Waals surface area contributed by atoms with Gasteiger partial charge in [-0.25, -0.2) is 0 Å². The molecule has 0 amide bonds. The van der Waals surface area contributed by atoms with Gasteiger partial charge in [-0.3, -0.25) is 14.6 Å². The molecular formula is C13H15NO3. The summed E-state index contributed by atoms with van der Waals surface area (Å²) in [6, 6.07) is 3.63. The number of rotatable bonds is 2. The molecule has 0 bridgehead atoms. The van der Waals surface area contributed by atoms with Crippen molar-refractivity contribution in [2.24, 2.45) is 0 Å². The molecular weight excluding hydrogens is 218 g/mol. The molecule has 2 rings (SSSR count). The molecule has 0 spiro atoms. The van der Waals surface area contributed by atoms with E-state index in [0.29, 0.717) is 31.4 Å². The van der Waals surface area contributed by atoms with Gasteiger partial charge >= 0.3 is 5.97 Å². The van der Waals surface area contributed by atoms with Gasteiger partial charge in [0.05, 0.1) is 5.69 Å². The molecule has 1 N–H and O–H groups in total. The van der Waals surface area contributed by atoms with Crippen molar-refractivity contribution in [3.63, 3.8) is 0 Å². The molecule has 1 aromatic heterocycles. The molecule has 0 radical (unpaired) electrons. The number of Topliss-reactive ketones (excluding diaryl/α,β-unsaturated/α-hetero) is 1. The summed E-state index contributed by atoms with van der Waals surface area (Å²) in [5.74, 6) is -0.727. The maximum absolute atomic E-state index is 11.5. The summed E-state index contributed by atoms with van der Waals surface area (Å²) in [6.07, 6.45) is 3.06. The van der Waals surface area contributed by atoms with Crippen LogP contribution in [0.1, 0.15) is 36.9 Å². The lowest BCUT2D eigenvalue weighted by Crippen LogP contribution is -2.40. The standard InChI is InChI=1S/C13H15NO3/c1-9-2-3-11(14-8-9)13(12(16)17)6-4-10(15)5-7-13/h2-3,8H,4-7H2,1H3,(H,16,17). The molecule has 1 aliphatic carbocycles. The molecule has 0 saturated heterocycles. The van der Waals surface area contributed by atoms with Crippen molar-refractivity contribution in [2.75, 3.05) is 0 Å². The maximum atomic E-state index is 11.5. The number of ketones is 1. The van der Waals surface area contributed by atoms with Gasteiger partial charge in [0.2, 0.25) is 0 Å². The van der Waals surface area contributed by atoms with Crippen molar-refractivity contribution >= 4 is 11.8 Å². The highest BCUT2D eigenvalue weighted by Gasteiger charge is 2.44. The number of aromatic nitrogens is 1. The minimum absolute atomic E-state index is 0.147. The lowest BCUT2D eigenvalue weighted by molar-refractivity contribution is -0.146. The molecule has 1 aliphatic rings. The SMILES string of the molecule is Cc1ccc(C2(C(=O)O)CCC(=O)CC2)nc1. The first-order valence-electron chi connectivity index (χ1n) is 5.73. The fraction of sp³-hybridized carbons (Fsp3) is 0.462. The van der Waals surface area contributed by atoms with Crippen molar-refractivity contribution in [3.8, 4) is 0 Å². The van der Waals surface area contributed by atoms with Crippen LogP contribution in [-0.4, -0.2) is 21.8 Å². The van der Waals surface area contributed by atoms with Crippen molar-refractivity contribution < 1.29 is 14.7 Å². The zero-order valence-electron chi connectivity index (χ0n) is 9.77. The Hall–Kier alpha value is -1.71. The Bertz CT molecular complexity index is 440. The van der Waals surface area contributed by atoms with E-state index in [1.165, 1.54) is 0 Å². The van der Waals surface area contributed by atoms with Crippen LogP contribution in [0.2, 0.25) is 0 Å². The van der Waals surface area contributed by atoms with E-state index in [2.05, 4.69) is 4.98 Å². The first-order chi connectivity index (χ1) is 8.04. The number of aliphatic carboxylic acids is 1. The van der Waals surface area contributed by atoms with Crippen LogP contribution in [0.3, 0.4) is 0 Å². The van der Waals surface area contributed by atoms with E-state index in [4.69, 9.17) is 0 Å². The predicted molar refractivity (Wildman–Crippen MR) is 61.8 cm³/mol. The van der Waals surface area contributed by atoms with Gasteiger partial charge in [-0.05, 0) is 31.4 Å². The number of hydrogen-bond donors (Lipinski definition) is 1. The van der Waals surface area contributed by atoms with Crippen molar-refractivity contribution in [1.29, 1.82) is 0 Å². The van der Waals surface area contributed by atoms with Gasteiger partial charge in [-0.2, -0.15) is 0 Å². The number of nitrogens with zero attached hydrogens (tertiary/aromatic N) is 1. The molecule has 1 heterocycles.